The zero-order chi connectivity index (χ0) is 17.9. The van der Waals surface area contributed by atoms with E-state index in [1.807, 2.05) is 0 Å². The highest BCUT2D eigenvalue weighted by Crippen LogP contribution is 2.35. The van der Waals surface area contributed by atoms with Gasteiger partial charge in [-0.3, -0.25) is 9.89 Å². The number of nitrogens with one attached hydrogen (secondary N) is 2. The van der Waals surface area contributed by atoms with Crippen LogP contribution in [0.2, 0.25) is 0 Å². The van der Waals surface area contributed by atoms with Crippen LogP contribution in [0.25, 0.3) is 0 Å². The van der Waals surface area contributed by atoms with Crippen LogP contribution < -0.4 is 5.32 Å². The number of anilines is 1. The van der Waals surface area contributed by atoms with E-state index in [-0.39, 0.29) is 11.4 Å². The molecule has 1 aliphatic carbocycles. The lowest BCUT2D eigenvalue weighted by Crippen LogP contribution is -2.18. The summed E-state index contributed by atoms with van der Waals surface area (Å²) in [7, 11) is 0. The van der Waals surface area contributed by atoms with Gasteiger partial charge in [0.1, 0.15) is 5.82 Å². The summed E-state index contributed by atoms with van der Waals surface area (Å²) in [5, 5.41) is 9.69. The molecule has 5 nitrogen and oxygen atoms in total. The average molecular weight is 370 g/mol. The Kier molecular flexibility index (Phi) is 5.31. The molecule has 1 fully saturated rings. The van der Waals surface area contributed by atoms with Gasteiger partial charge in [-0.2, -0.15) is 13.2 Å². The lowest BCUT2D eigenvalue weighted by molar-refractivity contribution is -0.137. The van der Waals surface area contributed by atoms with Gasteiger partial charge in [0.25, 0.3) is 0 Å². The number of carbonyl (C=O) groups excluding carboxylic acids is 1. The Labute approximate surface area is 146 Å². The first kappa shape index (κ1) is 17.8. The third kappa shape index (κ3) is 4.53. The molecule has 1 aliphatic rings. The Morgan fingerprint density at radius 3 is 2.72 bits per heavy atom. The van der Waals surface area contributed by atoms with Crippen LogP contribution in [0.5, 0.6) is 0 Å². The van der Waals surface area contributed by atoms with Crippen molar-refractivity contribution in [1.82, 2.24) is 15.2 Å². The molecular weight excluding hydrogens is 353 g/mol. The van der Waals surface area contributed by atoms with Crippen molar-refractivity contribution in [1.29, 1.82) is 0 Å². The summed E-state index contributed by atoms with van der Waals surface area (Å²) < 4.78 is 38.8. The van der Waals surface area contributed by atoms with Gasteiger partial charge in [0.2, 0.25) is 11.1 Å². The van der Waals surface area contributed by atoms with Gasteiger partial charge < -0.3 is 5.32 Å². The molecule has 3 rings (SSSR count). The number of halogens is 3. The Balaban J connectivity index is 1.57. The number of aromatic amines is 1. The number of para-hydroxylation sites is 1. The van der Waals surface area contributed by atoms with Crippen LogP contribution in [-0.2, 0) is 11.0 Å². The molecule has 9 heteroatoms. The van der Waals surface area contributed by atoms with E-state index < -0.39 is 17.6 Å². The number of thioether (sulfide) groups is 1. The van der Waals surface area contributed by atoms with Crippen molar-refractivity contribution in [2.75, 3.05) is 11.1 Å². The Bertz CT molecular complexity index is 741. The van der Waals surface area contributed by atoms with Crippen LogP contribution in [0.1, 0.15) is 43.0 Å². The van der Waals surface area contributed by atoms with E-state index in [2.05, 4.69) is 20.5 Å². The van der Waals surface area contributed by atoms with Crippen LogP contribution in [0.15, 0.2) is 29.4 Å². The summed E-state index contributed by atoms with van der Waals surface area (Å²) in [5.41, 5.74) is -1.11. The quantitative estimate of drug-likeness (QED) is 0.774. The summed E-state index contributed by atoms with van der Waals surface area (Å²) in [5.74, 6) is 0.611. The minimum Gasteiger partial charge on any atom is -0.325 e. The molecule has 1 heterocycles. The van der Waals surface area contributed by atoms with Crippen molar-refractivity contribution in [3.05, 3.63) is 35.7 Å². The highest BCUT2D eigenvalue weighted by molar-refractivity contribution is 7.99. The molecule has 1 amide bonds. The number of carbonyl (C=O) groups is 1. The van der Waals surface area contributed by atoms with Crippen molar-refractivity contribution >= 4 is 23.4 Å². The molecule has 1 aromatic carbocycles. The first-order chi connectivity index (χ1) is 11.9. The fourth-order valence-electron chi connectivity index (χ4n) is 2.86. The predicted octanol–water partition coefficient (Wildman–Crippen LogP) is 4.21. The molecule has 1 saturated carbocycles. The third-order valence-electron chi connectivity index (χ3n) is 4.06. The van der Waals surface area contributed by atoms with Crippen molar-refractivity contribution in [3.63, 3.8) is 0 Å². The zero-order valence-corrected chi connectivity index (χ0v) is 14.1. The standard InChI is InChI=1S/C16H17F3N4OS/c17-16(18,19)11-7-3-4-8-12(11)20-13(24)9-25-15-21-14(22-23-15)10-5-1-2-6-10/h3-4,7-8,10H,1-2,5-6,9H2,(H,20,24)(H,21,22,23). The first-order valence-corrected chi connectivity index (χ1v) is 8.93. The summed E-state index contributed by atoms with van der Waals surface area (Å²) in [6.07, 6.45) is -0.0112. The van der Waals surface area contributed by atoms with Crippen molar-refractivity contribution in [2.45, 2.75) is 42.9 Å². The van der Waals surface area contributed by atoms with E-state index in [1.54, 1.807) is 0 Å². The number of aromatic nitrogens is 3. The second kappa shape index (κ2) is 7.47. The molecule has 0 saturated heterocycles. The maximum absolute atomic E-state index is 12.9. The fourth-order valence-corrected chi connectivity index (χ4v) is 3.47. The molecule has 2 aromatic rings. The number of alkyl halides is 3. The maximum atomic E-state index is 12.9. The summed E-state index contributed by atoms with van der Waals surface area (Å²) in [6.45, 7) is 0. The van der Waals surface area contributed by atoms with Crippen LogP contribution in [0, 0.1) is 0 Å². The van der Waals surface area contributed by atoms with Gasteiger partial charge in [-0.1, -0.05) is 36.7 Å². The monoisotopic (exact) mass is 370 g/mol. The molecule has 0 spiro atoms. The number of hydrogen-bond acceptors (Lipinski definition) is 4. The van der Waals surface area contributed by atoms with Crippen LogP contribution >= 0.6 is 11.8 Å². The topological polar surface area (TPSA) is 70.7 Å². The fraction of sp³-hybridized carbons (Fsp3) is 0.438. The Morgan fingerprint density at radius 2 is 2.00 bits per heavy atom. The minimum atomic E-state index is -4.52. The Hall–Kier alpha value is -2.03. The van der Waals surface area contributed by atoms with E-state index >= 15 is 0 Å². The second-order valence-corrected chi connectivity index (χ2v) is 6.81. The average Bonchev–Trinajstić information content (AvgIpc) is 3.24. The smallest absolute Gasteiger partial charge is 0.325 e. The molecule has 2 N–H and O–H groups in total. The third-order valence-corrected chi connectivity index (χ3v) is 4.91. The van der Waals surface area contributed by atoms with Gasteiger partial charge in [0, 0.05) is 5.92 Å². The first-order valence-electron chi connectivity index (χ1n) is 7.94. The van der Waals surface area contributed by atoms with Gasteiger partial charge in [-0.15, -0.1) is 5.10 Å². The number of H-pyrrole nitrogens is 1. The van der Waals surface area contributed by atoms with Crippen LogP contribution in [-0.4, -0.2) is 26.8 Å². The highest BCUT2D eigenvalue weighted by atomic mass is 32.2. The minimum absolute atomic E-state index is 0.0614. The maximum Gasteiger partial charge on any atom is 0.418 e. The summed E-state index contributed by atoms with van der Waals surface area (Å²) in [4.78, 5) is 16.3. The predicted molar refractivity (Wildman–Crippen MR) is 88.4 cm³/mol. The molecule has 0 atom stereocenters. The van der Waals surface area contributed by atoms with Crippen molar-refractivity contribution in [2.24, 2.45) is 0 Å². The van der Waals surface area contributed by atoms with Crippen molar-refractivity contribution in [3.8, 4) is 0 Å². The van der Waals surface area contributed by atoms with E-state index in [0.29, 0.717) is 11.1 Å². The second-order valence-electron chi connectivity index (χ2n) is 5.86. The summed E-state index contributed by atoms with van der Waals surface area (Å²) >= 11 is 1.09. The molecule has 0 radical (unpaired) electrons. The molecule has 1 aromatic heterocycles. The van der Waals surface area contributed by atoms with E-state index in [1.165, 1.54) is 31.0 Å². The van der Waals surface area contributed by atoms with E-state index in [4.69, 9.17) is 0 Å². The number of benzene rings is 1. The molecule has 0 unspecified atom stereocenters. The van der Waals surface area contributed by atoms with E-state index in [9.17, 15) is 18.0 Å². The molecule has 0 bridgehead atoms. The lowest BCUT2D eigenvalue weighted by atomic mass is 10.1. The molecule has 0 aliphatic heterocycles. The number of hydrogen-bond donors (Lipinski definition) is 2. The van der Waals surface area contributed by atoms with Gasteiger partial charge in [-0.05, 0) is 25.0 Å². The molecule has 134 valence electrons. The zero-order valence-electron chi connectivity index (χ0n) is 13.3. The lowest BCUT2D eigenvalue weighted by Gasteiger charge is -2.13. The number of rotatable bonds is 5. The van der Waals surface area contributed by atoms with Gasteiger partial charge in [0.05, 0.1) is 17.0 Å². The Morgan fingerprint density at radius 1 is 1.28 bits per heavy atom. The van der Waals surface area contributed by atoms with Crippen molar-refractivity contribution < 1.29 is 18.0 Å². The highest BCUT2D eigenvalue weighted by Gasteiger charge is 2.33. The van der Waals surface area contributed by atoms with Gasteiger partial charge in [-0.25, -0.2) is 4.98 Å². The number of amides is 1. The van der Waals surface area contributed by atoms with Crippen LogP contribution in [0.4, 0.5) is 18.9 Å². The molecular formula is C16H17F3N4OS. The number of nitrogens with zero attached hydrogens (tertiary/aromatic N) is 2. The normalized spacial score (nSPS) is 15.5. The SMILES string of the molecule is O=C(CSc1n[nH]c(C2CCCC2)n1)Nc1ccccc1C(F)(F)F. The van der Waals surface area contributed by atoms with Gasteiger partial charge in [0.15, 0.2) is 0 Å². The summed E-state index contributed by atoms with van der Waals surface area (Å²) in [6, 6.07) is 4.90. The van der Waals surface area contributed by atoms with E-state index in [0.717, 1.165) is 36.5 Å². The van der Waals surface area contributed by atoms with Gasteiger partial charge >= 0.3 is 6.18 Å². The van der Waals surface area contributed by atoms with Crippen LogP contribution in [0.3, 0.4) is 0 Å². The largest absolute Gasteiger partial charge is 0.418 e. The molecule has 25 heavy (non-hydrogen) atoms.